The Bertz CT molecular complexity index is 748. The number of hydrogen-bond donors (Lipinski definition) is 2. The molecule has 0 fully saturated rings. The topological polar surface area (TPSA) is 48.9 Å². The van der Waals surface area contributed by atoms with Crippen LogP contribution in [0.25, 0.3) is 22.5 Å². The van der Waals surface area contributed by atoms with Crippen molar-refractivity contribution in [2.24, 2.45) is 0 Å². The number of phenolic OH excluding ortho intramolecular Hbond substituents is 1. The van der Waals surface area contributed by atoms with Gasteiger partial charge in [0.15, 0.2) is 0 Å². The van der Waals surface area contributed by atoms with Gasteiger partial charge in [-0.05, 0) is 43.3 Å². The summed E-state index contributed by atoms with van der Waals surface area (Å²) in [7, 11) is 0. The van der Waals surface area contributed by atoms with Crippen LogP contribution in [0.5, 0.6) is 5.75 Å². The number of nitrogens with one attached hydrogen (secondary N) is 1. The number of aromatic amines is 1. The van der Waals surface area contributed by atoms with Crippen molar-refractivity contribution in [1.29, 1.82) is 0 Å². The Kier molecular flexibility index (Phi) is 3.39. The fourth-order valence-corrected chi connectivity index (χ4v) is 2.33. The number of hydrogen-bond acceptors (Lipinski definition) is 2. The zero-order valence-electron chi connectivity index (χ0n) is 11.2. The van der Waals surface area contributed by atoms with Gasteiger partial charge in [0.1, 0.15) is 11.6 Å². The minimum absolute atomic E-state index is 0.141. The number of aromatic nitrogens is 2. The van der Waals surface area contributed by atoms with Crippen LogP contribution in [0.1, 0.15) is 5.56 Å². The van der Waals surface area contributed by atoms with Gasteiger partial charge in [0, 0.05) is 16.1 Å². The van der Waals surface area contributed by atoms with Crippen LogP contribution in [0.4, 0.5) is 4.39 Å². The number of phenols is 1. The Morgan fingerprint density at radius 3 is 2.71 bits per heavy atom. The maximum Gasteiger partial charge on any atom is 0.132 e. The van der Waals surface area contributed by atoms with E-state index in [1.165, 1.54) is 18.2 Å². The van der Waals surface area contributed by atoms with E-state index < -0.39 is 5.82 Å². The van der Waals surface area contributed by atoms with E-state index in [1.807, 2.05) is 19.1 Å². The second-order valence-electron chi connectivity index (χ2n) is 4.81. The van der Waals surface area contributed by atoms with E-state index in [1.54, 1.807) is 12.1 Å². The summed E-state index contributed by atoms with van der Waals surface area (Å²) in [6, 6.07) is 11.3. The Labute approximate surface area is 126 Å². The van der Waals surface area contributed by atoms with Crippen LogP contribution < -0.4 is 0 Å². The Morgan fingerprint density at radius 1 is 1.10 bits per heavy atom. The lowest BCUT2D eigenvalue weighted by molar-refractivity contribution is 0.477. The molecule has 3 aromatic rings. The molecule has 0 radical (unpaired) electrons. The monoisotopic (exact) mass is 302 g/mol. The molecule has 0 aliphatic heterocycles. The zero-order valence-corrected chi connectivity index (χ0v) is 11.9. The first-order chi connectivity index (χ1) is 10.0. The number of benzene rings is 2. The lowest BCUT2D eigenvalue weighted by atomic mass is 10.1. The van der Waals surface area contributed by atoms with E-state index in [2.05, 4.69) is 10.2 Å². The smallest absolute Gasteiger partial charge is 0.132 e. The van der Waals surface area contributed by atoms with Crippen LogP contribution in [0.2, 0.25) is 5.02 Å². The third-order valence-corrected chi connectivity index (χ3v) is 3.46. The summed E-state index contributed by atoms with van der Waals surface area (Å²) < 4.78 is 13.8. The third kappa shape index (κ3) is 2.62. The maximum absolute atomic E-state index is 13.8. The Hall–Kier alpha value is -2.33. The number of nitrogens with zero attached hydrogens (tertiary/aromatic N) is 1. The molecule has 0 aliphatic rings. The predicted molar refractivity (Wildman–Crippen MR) is 80.8 cm³/mol. The molecule has 2 N–H and O–H groups in total. The molecule has 0 bridgehead atoms. The number of H-pyrrole nitrogens is 1. The molecule has 1 aromatic heterocycles. The summed E-state index contributed by atoms with van der Waals surface area (Å²) in [4.78, 5) is 0. The molecule has 0 saturated carbocycles. The van der Waals surface area contributed by atoms with Crippen molar-refractivity contribution >= 4 is 11.6 Å². The van der Waals surface area contributed by atoms with Crippen LogP contribution in [-0.4, -0.2) is 15.3 Å². The molecule has 0 atom stereocenters. The quantitative estimate of drug-likeness (QED) is 0.729. The molecule has 0 saturated heterocycles. The number of halogens is 2. The molecule has 5 heteroatoms. The van der Waals surface area contributed by atoms with Crippen molar-refractivity contribution in [3.05, 3.63) is 58.9 Å². The summed E-state index contributed by atoms with van der Waals surface area (Å²) >= 11 is 5.89. The number of aryl methyl sites for hydroxylation is 1. The molecule has 106 valence electrons. The van der Waals surface area contributed by atoms with Crippen LogP contribution in [0, 0.1) is 12.7 Å². The Balaban J connectivity index is 2.08. The van der Waals surface area contributed by atoms with Crippen LogP contribution in [-0.2, 0) is 0 Å². The van der Waals surface area contributed by atoms with E-state index in [9.17, 15) is 9.50 Å². The first kappa shape index (κ1) is 13.6. The van der Waals surface area contributed by atoms with E-state index in [-0.39, 0.29) is 5.75 Å². The van der Waals surface area contributed by atoms with E-state index >= 15 is 0 Å². The van der Waals surface area contributed by atoms with Crippen molar-refractivity contribution < 1.29 is 9.50 Å². The highest BCUT2D eigenvalue weighted by Crippen LogP contribution is 2.32. The molecule has 0 unspecified atom stereocenters. The molecule has 2 aromatic carbocycles. The average Bonchev–Trinajstić information content (AvgIpc) is 2.93. The Morgan fingerprint density at radius 2 is 1.90 bits per heavy atom. The molecular weight excluding hydrogens is 291 g/mol. The minimum atomic E-state index is -0.397. The van der Waals surface area contributed by atoms with Gasteiger partial charge in [-0.25, -0.2) is 4.39 Å². The maximum atomic E-state index is 13.8. The second kappa shape index (κ2) is 5.22. The molecule has 3 rings (SSSR count). The SMILES string of the molecule is Cc1ccc(O)c(-c2cc(-c3cc(Cl)ccc3F)n[nH]2)c1. The van der Waals surface area contributed by atoms with Crippen molar-refractivity contribution in [3.63, 3.8) is 0 Å². The fourth-order valence-electron chi connectivity index (χ4n) is 2.16. The van der Waals surface area contributed by atoms with Gasteiger partial charge in [-0.3, -0.25) is 5.10 Å². The largest absolute Gasteiger partial charge is 0.507 e. The summed E-state index contributed by atoms with van der Waals surface area (Å²) in [5, 5.41) is 17.3. The lowest BCUT2D eigenvalue weighted by Crippen LogP contribution is -1.84. The van der Waals surface area contributed by atoms with Crippen LogP contribution in [0.15, 0.2) is 42.5 Å². The first-order valence-corrected chi connectivity index (χ1v) is 6.73. The van der Waals surface area contributed by atoms with Crippen molar-refractivity contribution in [3.8, 4) is 28.3 Å². The van der Waals surface area contributed by atoms with Gasteiger partial charge in [0.2, 0.25) is 0 Å². The molecule has 3 nitrogen and oxygen atoms in total. The van der Waals surface area contributed by atoms with Crippen molar-refractivity contribution in [2.75, 3.05) is 0 Å². The first-order valence-electron chi connectivity index (χ1n) is 6.35. The number of aromatic hydroxyl groups is 1. The molecule has 0 aliphatic carbocycles. The van der Waals surface area contributed by atoms with E-state index in [0.717, 1.165) is 5.56 Å². The third-order valence-electron chi connectivity index (χ3n) is 3.22. The van der Waals surface area contributed by atoms with Gasteiger partial charge < -0.3 is 5.11 Å². The highest BCUT2D eigenvalue weighted by molar-refractivity contribution is 6.30. The van der Waals surface area contributed by atoms with Crippen molar-refractivity contribution in [2.45, 2.75) is 6.92 Å². The normalized spacial score (nSPS) is 10.8. The molecule has 21 heavy (non-hydrogen) atoms. The van der Waals surface area contributed by atoms with Gasteiger partial charge >= 0.3 is 0 Å². The van der Waals surface area contributed by atoms with Crippen LogP contribution in [0.3, 0.4) is 0 Å². The summed E-state index contributed by atoms with van der Waals surface area (Å²) in [5.74, 6) is -0.256. The highest BCUT2D eigenvalue weighted by atomic mass is 35.5. The van der Waals surface area contributed by atoms with Gasteiger partial charge in [-0.15, -0.1) is 0 Å². The zero-order chi connectivity index (χ0) is 15.0. The second-order valence-corrected chi connectivity index (χ2v) is 5.25. The van der Waals surface area contributed by atoms with E-state index in [0.29, 0.717) is 27.5 Å². The molecule has 0 amide bonds. The van der Waals surface area contributed by atoms with Crippen LogP contribution >= 0.6 is 11.6 Å². The summed E-state index contributed by atoms with van der Waals surface area (Å²) in [6.45, 7) is 1.93. The minimum Gasteiger partial charge on any atom is -0.507 e. The van der Waals surface area contributed by atoms with Gasteiger partial charge in [-0.1, -0.05) is 23.2 Å². The number of rotatable bonds is 2. The summed E-state index contributed by atoms with van der Waals surface area (Å²) in [5.41, 5.74) is 3.00. The standard InChI is InChI=1S/C16H12ClFN2O/c1-9-2-5-16(21)12(6-9)15-8-14(19-20-15)11-7-10(17)3-4-13(11)18/h2-8,21H,1H3,(H,19,20). The lowest BCUT2D eigenvalue weighted by Gasteiger charge is -2.02. The molecular formula is C16H12ClFN2O. The predicted octanol–water partition coefficient (Wildman–Crippen LogP) is 4.55. The fraction of sp³-hybridized carbons (Fsp3) is 0.0625. The van der Waals surface area contributed by atoms with Crippen molar-refractivity contribution in [1.82, 2.24) is 10.2 Å². The molecule has 0 spiro atoms. The van der Waals surface area contributed by atoms with E-state index in [4.69, 9.17) is 11.6 Å². The van der Waals surface area contributed by atoms with Gasteiger partial charge in [0.25, 0.3) is 0 Å². The highest BCUT2D eigenvalue weighted by Gasteiger charge is 2.13. The average molecular weight is 303 g/mol. The molecule has 1 heterocycles. The van der Waals surface area contributed by atoms with Gasteiger partial charge in [0.05, 0.1) is 11.4 Å². The summed E-state index contributed by atoms with van der Waals surface area (Å²) in [6.07, 6.45) is 0. The van der Waals surface area contributed by atoms with Gasteiger partial charge in [-0.2, -0.15) is 5.10 Å².